The zero-order chi connectivity index (χ0) is 21.0. The lowest BCUT2D eigenvalue weighted by molar-refractivity contribution is 0.208. The average Bonchev–Trinajstić information content (AvgIpc) is 2.73. The van der Waals surface area contributed by atoms with Crippen LogP contribution in [0.25, 0.3) is 0 Å². The van der Waals surface area contributed by atoms with E-state index in [2.05, 4.69) is 49.2 Å². The van der Waals surface area contributed by atoms with Crippen LogP contribution in [0.2, 0.25) is 0 Å². The molecule has 0 saturated carbocycles. The third-order valence-corrected chi connectivity index (χ3v) is 5.42. The van der Waals surface area contributed by atoms with Crippen LogP contribution < -0.4 is 19.7 Å². The minimum Gasteiger partial charge on any atom is -0.497 e. The van der Waals surface area contributed by atoms with E-state index >= 15 is 0 Å². The van der Waals surface area contributed by atoms with Crippen LogP contribution in [0, 0.1) is 6.92 Å². The summed E-state index contributed by atoms with van der Waals surface area (Å²) in [5.41, 5.74) is 4.61. The van der Waals surface area contributed by atoms with Crippen LogP contribution in [0.15, 0.2) is 36.4 Å². The first kappa shape index (κ1) is 20.8. The van der Waals surface area contributed by atoms with Crippen LogP contribution in [0.4, 0.5) is 16.2 Å². The third kappa shape index (κ3) is 4.58. The second-order valence-electron chi connectivity index (χ2n) is 7.64. The molecule has 1 N–H and O–H groups in total. The van der Waals surface area contributed by atoms with Crippen LogP contribution in [0.1, 0.15) is 30.9 Å². The Kier molecular flexibility index (Phi) is 6.52. The molecule has 6 heteroatoms. The molecule has 1 heterocycles. The number of methoxy groups -OCH3 is 2. The van der Waals surface area contributed by atoms with Gasteiger partial charge in [-0.25, -0.2) is 4.79 Å². The van der Waals surface area contributed by atoms with E-state index in [0.29, 0.717) is 36.2 Å². The number of rotatable bonds is 5. The molecule has 1 aliphatic heterocycles. The summed E-state index contributed by atoms with van der Waals surface area (Å²) in [5.74, 6) is 1.74. The monoisotopic (exact) mass is 397 g/mol. The molecule has 0 bridgehead atoms. The first-order valence-corrected chi connectivity index (χ1v) is 10.1. The highest BCUT2D eigenvalue weighted by Crippen LogP contribution is 2.32. The molecule has 0 spiro atoms. The summed E-state index contributed by atoms with van der Waals surface area (Å²) in [5, 5.41) is 2.97. The van der Waals surface area contributed by atoms with Gasteiger partial charge >= 0.3 is 6.03 Å². The molecular weight excluding hydrogens is 366 g/mol. The minimum absolute atomic E-state index is 0.109. The van der Waals surface area contributed by atoms with Crippen molar-refractivity contribution >= 4 is 17.4 Å². The topological polar surface area (TPSA) is 54.0 Å². The summed E-state index contributed by atoms with van der Waals surface area (Å²) >= 11 is 0. The minimum atomic E-state index is -0.109. The van der Waals surface area contributed by atoms with Gasteiger partial charge in [0, 0.05) is 37.9 Å². The van der Waals surface area contributed by atoms with Crippen molar-refractivity contribution in [3.8, 4) is 11.5 Å². The van der Waals surface area contributed by atoms with Gasteiger partial charge in [0.1, 0.15) is 11.5 Å². The number of benzene rings is 2. The van der Waals surface area contributed by atoms with Crippen molar-refractivity contribution in [1.29, 1.82) is 0 Å². The molecule has 156 valence electrons. The summed E-state index contributed by atoms with van der Waals surface area (Å²) in [6, 6.07) is 11.8. The summed E-state index contributed by atoms with van der Waals surface area (Å²) in [6.45, 7) is 9.60. The van der Waals surface area contributed by atoms with E-state index in [4.69, 9.17) is 9.47 Å². The fourth-order valence-corrected chi connectivity index (χ4v) is 3.81. The summed E-state index contributed by atoms with van der Waals surface area (Å²) in [6.07, 6.45) is 0. The van der Waals surface area contributed by atoms with Crippen molar-refractivity contribution in [2.45, 2.75) is 26.7 Å². The van der Waals surface area contributed by atoms with Crippen LogP contribution in [-0.2, 0) is 0 Å². The lowest BCUT2D eigenvalue weighted by atomic mass is 9.97. The molecule has 0 aromatic heterocycles. The number of urea groups is 1. The van der Waals surface area contributed by atoms with Gasteiger partial charge in [0.2, 0.25) is 0 Å². The molecular formula is C23H31N3O3. The highest BCUT2D eigenvalue weighted by atomic mass is 16.5. The largest absolute Gasteiger partial charge is 0.497 e. The molecule has 1 aliphatic rings. The van der Waals surface area contributed by atoms with Crippen molar-refractivity contribution in [2.24, 2.45) is 0 Å². The van der Waals surface area contributed by atoms with Gasteiger partial charge in [-0.05, 0) is 36.1 Å². The molecule has 2 aromatic carbocycles. The molecule has 0 unspecified atom stereocenters. The van der Waals surface area contributed by atoms with E-state index in [-0.39, 0.29) is 6.03 Å². The van der Waals surface area contributed by atoms with Gasteiger partial charge in [0.15, 0.2) is 0 Å². The van der Waals surface area contributed by atoms with Crippen molar-refractivity contribution < 1.29 is 14.3 Å². The number of hydrogen-bond donors (Lipinski definition) is 1. The number of aryl methyl sites for hydroxylation is 1. The van der Waals surface area contributed by atoms with E-state index in [1.807, 2.05) is 11.0 Å². The zero-order valence-electron chi connectivity index (χ0n) is 18.0. The van der Waals surface area contributed by atoms with E-state index in [9.17, 15) is 4.79 Å². The second kappa shape index (κ2) is 9.07. The van der Waals surface area contributed by atoms with Crippen molar-refractivity contribution in [1.82, 2.24) is 4.90 Å². The van der Waals surface area contributed by atoms with E-state index in [1.54, 1.807) is 26.4 Å². The van der Waals surface area contributed by atoms with Crippen LogP contribution in [0.3, 0.4) is 0 Å². The maximum absolute atomic E-state index is 12.8. The molecule has 0 radical (unpaired) electrons. The van der Waals surface area contributed by atoms with Gasteiger partial charge in [-0.1, -0.05) is 32.0 Å². The molecule has 2 aromatic rings. The fourth-order valence-electron chi connectivity index (χ4n) is 3.81. The standard InChI is InChI=1S/C23H31N3O3/c1-16(2)19-8-6-7-17(3)22(19)25-11-13-26(14-12-25)23(27)24-20-10-9-18(28-4)15-21(20)29-5/h6-10,15-16H,11-14H2,1-5H3,(H,24,27). The van der Waals surface area contributed by atoms with Gasteiger partial charge in [-0.3, -0.25) is 0 Å². The maximum atomic E-state index is 12.8. The molecule has 2 amide bonds. The number of ether oxygens (including phenoxy) is 2. The number of nitrogens with one attached hydrogen (secondary N) is 1. The van der Waals surface area contributed by atoms with E-state index in [1.165, 1.54) is 16.8 Å². The summed E-state index contributed by atoms with van der Waals surface area (Å²) in [4.78, 5) is 17.0. The summed E-state index contributed by atoms with van der Waals surface area (Å²) < 4.78 is 10.6. The molecule has 1 fully saturated rings. The molecule has 0 atom stereocenters. The van der Waals surface area contributed by atoms with Gasteiger partial charge < -0.3 is 24.6 Å². The normalized spacial score (nSPS) is 14.1. The van der Waals surface area contributed by atoms with Crippen LogP contribution in [-0.4, -0.2) is 51.3 Å². The van der Waals surface area contributed by atoms with Crippen LogP contribution >= 0.6 is 0 Å². The molecule has 29 heavy (non-hydrogen) atoms. The Bertz CT molecular complexity index is 858. The summed E-state index contributed by atoms with van der Waals surface area (Å²) in [7, 11) is 3.18. The Morgan fingerprint density at radius 2 is 1.76 bits per heavy atom. The Hall–Kier alpha value is -2.89. The first-order chi connectivity index (χ1) is 13.9. The third-order valence-electron chi connectivity index (χ3n) is 5.42. The van der Waals surface area contributed by atoms with E-state index < -0.39 is 0 Å². The second-order valence-corrected chi connectivity index (χ2v) is 7.64. The lowest BCUT2D eigenvalue weighted by Gasteiger charge is -2.38. The highest BCUT2D eigenvalue weighted by Gasteiger charge is 2.24. The Morgan fingerprint density at radius 1 is 1.03 bits per heavy atom. The lowest BCUT2D eigenvalue weighted by Crippen LogP contribution is -2.50. The smallest absolute Gasteiger partial charge is 0.322 e. The number of anilines is 2. The van der Waals surface area contributed by atoms with Crippen LogP contribution in [0.5, 0.6) is 11.5 Å². The maximum Gasteiger partial charge on any atom is 0.322 e. The number of carbonyl (C=O) groups excluding carboxylic acids is 1. The number of carbonyl (C=O) groups is 1. The predicted octanol–water partition coefficient (Wildman–Crippen LogP) is 4.49. The number of para-hydroxylation sites is 1. The first-order valence-electron chi connectivity index (χ1n) is 10.1. The van der Waals surface area contributed by atoms with Gasteiger partial charge in [0.05, 0.1) is 19.9 Å². The quantitative estimate of drug-likeness (QED) is 0.808. The van der Waals surface area contributed by atoms with Gasteiger partial charge in [-0.2, -0.15) is 0 Å². The molecule has 6 nitrogen and oxygen atoms in total. The van der Waals surface area contributed by atoms with Gasteiger partial charge in [0.25, 0.3) is 0 Å². The van der Waals surface area contributed by atoms with Crippen molar-refractivity contribution in [3.05, 3.63) is 47.5 Å². The Balaban J connectivity index is 1.67. The molecule has 0 aliphatic carbocycles. The van der Waals surface area contributed by atoms with E-state index in [0.717, 1.165) is 13.1 Å². The van der Waals surface area contributed by atoms with Crippen molar-refractivity contribution in [3.63, 3.8) is 0 Å². The highest BCUT2D eigenvalue weighted by molar-refractivity contribution is 5.91. The molecule has 3 rings (SSSR count). The SMILES string of the molecule is COc1ccc(NC(=O)N2CCN(c3c(C)cccc3C(C)C)CC2)c(OC)c1. The Morgan fingerprint density at radius 3 is 2.38 bits per heavy atom. The number of piperazine rings is 1. The van der Waals surface area contributed by atoms with Gasteiger partial charge in [-0.15, -0.1) is 0 Å². The molecule has 1 saturated heterocycles. The zero-order valence-corrected chi connectivity index (χ0v) is 18.0. The van der Waals surface area contributed by atoms with Crippen molar-refractivity contribution in [2.75, 3.05) is 50.6 Å². The number of amides is 2. The number of nitrogens with zero attached hydrogens (tertiary/aromatic N) is 2. The Labute approximate surface area is 173 Å². The fraction of sp³-hybridized carbons (Fsp3) is 0.435. The number of hydrogen-bond acceptors (Lipinski definition) is 4. The average molecular weight is 398 g/mol. The predicted molar refractivity (Wildman–Crippen MR) is 118 cm³/mol.